The van der Waals surface area contributed by atoms with Gasteiger partial charge in [-0.25, -0.2) is 0 Å². The summed E-state index contributed by atoms with van der Waals surface area (Å²) in [5.41, 5.74) is 0.717. The number of hydrogen-bond donors (Lipinski definition) is 2. The highest BCUT2D eigenvalue weighted by molar-refractivity contribution is 7.14. The Morgan fingerprint density at radius 3 is 2.89 bits per heavy atom. The fraction of sp³-hybridized carbons (Fsp3) is 0.385. The zero-order valence-electron chi connectivity index (χ0n) is 10.9. The molecule has 0 spiro atoms. The van der Waals surface area contributed by atoms with Crippen LogP contribution in [0.4, 0.5) is 0 Å². The van der Waals surface area contributed by atoms with E-state index in [0.29, 0.717) is 23.0 Å². The summed E-state index contributed by atoms with van der Waals surface area (Å²) >= 11 is 7.58. The first kappa shape index (κ1) is 14.2. The molecule has 0 aliphatic heterocycles. The number of aromatic nitrogens is 2. The third-order valence-electron chi connectivity index (χ3n) is 2.48. The van der Waals surface area contributed by atoms with Crippen molar-refractivity contribution in [3.63, 3.8) is 0 Å². The van der Waals surface area contributed by atoms with Gasteiger partial charge in [0, 0.05) is 12.1 Å². The van der Waals surface area contributed by atoms with Gasteiger partial charge in [-0.3, -0.25) is 0 Å². The van der Waals surface area contributed by atoms with E-state index in [2.05, 4.69) is 29.4 Å². The quantitative estimate of drug-likeness (QED) is 0.889. The minimum absolute atomic E-state index is 0.175. The summed E-state index contributed by atoms with van der Waals surface area (Å²) < 4.78 is 0. The predicted octanol–water partition coefficient (Wildman–Crippen LogP) is 3.31. The molecule has 0 atom stereocenters. The molecule has 0 amide bonds. The lowest BCUT2D eigenvalue weighted by Crippen LogP contribution is -2.18. The Balaban J connectivity index is 2.10. The standard InChI is InChI=1S/C13H16ClN3OS/c1-8(2)6-15-7-12-16-17-13(19-12)10-5-9(18)3-4-11(10)14/h3-5,8,15,18H,6-7H2,1-2H3. The maximum Gasteiger partial charge on any atom is 0.149 e. The molecule has 1 heterocycles. The van der Waals surface area contributed by atoms with Crippen molar-refractivity contribution in [1.29, 1.82) is 0 Å². The molecule has 19 heavy (non-hydrogen) atoms. The summed E-state index contributed by atoms with van der Waals surface area (Å²) in [6.07, 6.45) is 0. The van der Waals surface area contributed by atoms with E-state index in [0.717, 1.165) is 16.6 Å². The Kier molecular flexibility index (Phi) is 4.74. The smallest absolute Gasteiger partial charge is 0.149 e. The second kappa shape index (κ2) is 6.32. The molecule has 0 unspecified atom stereocenters. The first-order valence-electron chi connectivity index (χ1n) is 6.08. The number of phenols is 1. The van der Waals surface area contributed by atoms with Crippen LogP contribution in [0.1, 0.15) is 18.9 Å². The molecule has 0 aliphatic carbocycles. The molecule has 0 saturated heterocycles. The highest BCUT2D eigenvalue weighted by Crippen LogP contribution is 2.32. The molecular formula is C13H16ClN3OS. The summed E-state index contributed by atoms with van der Waals surface area (Å²) in [6.45, 7) is 5.96. The second-order valence-electron chi connectivity index (χ2n) is 4.69. The summed E-state index contributed by atoms with van der Waals surface area (Å²) in [5, 5.41) is 23.3. The van der Waals surface area contributed by atoms with Crippen LogP contribution in [0.25, 0.3) is 10.6 Å². The molecule has 2 rings (SSSR count). The van der Waals surface area contributed by atoms with Crippen molar-refractivity contribution in [2.75, 3.05) is 6.54 Å². The van der Waals surface area contributed by atoms with Gasteiger partial charge in [-0.05, 0) is 30.7 Å². The van der Waals surface area contributed by atoms with E-state index < -0.39 is 0 Å². The normalized spacial score (nSPS) is 11.2. The Bertz CT molecular complexity index is 557. The number of phenolic OH excluding ortho intramolecular Hbond substituents is 1. The van der Waals surface area contributed by atoms with Gasteiger partial charge >= 0.3 is 0 Å². The van der Waals surface area contributed by atoms with E-state index in [1.165, 1.54) is 11.3 Å². The van der Waals surface area contributed by atoms with Gasteiger partial charge in [0.15, 0.2) is 0 Å². The number of halogens is 1. The van der Waals surface area contributed by atoms with Crippen molar-refractivity contribution in [2.24, 2.45) is 5.92 Å². The van der Waals surface area contributed by atoms with Crippen molar-refractivity contribution in [3.8, 4) is 16.3 Å². The second-order valence-corrected chi connectivity index (χ2v) is 6.16. The molecule has 1 aromatic heterocycles. The topological polar surface area (TPSA) is 58.0 Å². The van der Waals surface area contributed by atoms with Gasteiger partial charge in [-0.1, -0.05) is 36.8 Å². The lowest BCUT2D eigenvalue weighted by molar-refractivity contribution is 0.475. The zero-order chi connectivity index (χ0) is 13.8. The first-order valence-corrected chi connectivity index (χ1v) is 7.27. The maximum atomic E-state index is 9.49. The van der Waals surface area contributed by atoms with Crippen LogP contribution in [-0.4, -0.2) is 21.8 Å². The average molecular weight is 298 g/mol. The molecule has 0 radical (unpaired) electrons. The van der Waals surface area contributed by atoms with Gasteiger partial charge in [-0.2, -0.15) is 0 Å². The molecule has 0 aliphatic rings. The van der Waals surface area contributed by atoms with E-state index in [9.17, 15) is 5.11 Å². The molecule has 102 valence electrons. The van der Waals surface area contributed by atoms with Crippen molar-refractivity contribution in [1.82, 2.24) is 15.5 Å². The molecule has 0 fully saturated rings. The molecule has 2 N–H and O–H groups in total. The minimum atomic E-state index is 0.175. The van der Waals surface area contributed by atoms with Crippen LogP contribution >= 0.6 is 22.9 Å². The molecule has 0 saturated carbocycles. The minimum Gasteiger partial charge on any atom is -0.508 e. The lowest BCUT2D eigenvalue weighted by atomic mass is 10.2. The SMILES string of the molecule is CC(C)CNCc1nnc(-c2cc(O)ccc2Cl)s1. The van der Waals surface area contributed by atoms with Crippen LogP contribution in [0, 0.1) is 5.92 Å². The van der Waals surface area contributed by atoms with E-state index in [4.69, 9.17) is 11.6 Å². The van der Waals surface area contributed by atoms with Gasteiger partial charge in [0.05, 0.1) is 5.02 Å². The van der Waals surface area contributed by atoms with Crippen LogP contribution in [-0.2, 0) is 6.54 Å². The lowest BCUT2D eigenvalue weighted by Gasteiger charge is -2.04. The zero-order valence-corrected chi connectivity index (χ0v) is 12.4. The monoisotopic (exact) mass is 297 g/mol. The number of hydrogen-bond acceptors (Lipinski definition) is 5. The fourth-order valence-electron chi connectivity index (χ4n) is 1.58. The van der Waals surface area contributed by atoms with Gasteiger partial charge < -0.3 is 10.4 Å². The molecule has 2 aromatic rings. The highest BCUT2D eigenvalue weighted by Gasteiger charge is 2.11. The van der Waals surface area contributed by atoms with Crippen molar-refractivity contribution < 1.29 is 5.11 Å². The van der Waals surface area contributed by atoms with E-state index in [1.54, 1.807) is 18.2 Å². The molecule has 6 heteroatoms. The van der Waals surface area contributed by atoms with Crippen LogP contribution < -0.4 is 5.32 Å². The van der Waals surface area contributed by atoms with Gasteiger partial charge in [-0.15, -0.1) is 10.2 Å². The summed E-state index contributed by atoms with van der Waals surface area (Å²) in [6, 6.07) is 4.82. The Morgan fingerprint density at radius 2 is 2.16 bits per heavy atom. The number of nitrogens with zero attached hydrogens (tertiary/aromatic N) is 2. The van der Waals surface area contributed by atoms with Gasteiger partial charge in [0.1, 0.15) is 15.8 Å². The van der Waals surface area contributed by atoms with Crippen LogP contribution in [0.5, 0.6) is 5.75 Å². The van der Waals surface area contributed by atoms with E-state index in [-0.39, 0.29) is 5.75 Å². The summed E-state index contributed by atoms with van der Waals surface area (Å²) in [7, 11) is 0. The fourth-order valence-corrected chi connectivity index (χ4v) is 2.68. The van der Waals surface area contributed by atoms with Crippen LogP contribution in [0.3, 0.4) is 0 Å². The molecular weight excluding hydrogens is 282 g/mol. The predicted molar refractivity (Wildman–Crippen MR) is 78.6 cm³/mol. The highest BCUT2D eigenvalue weighted by atomic mass is 35.5. The molecule has 4 nitrogen and oxygen atoms in total. The average Bonchev–Trinajstić information content (AvgIpc) is 2.80. The van der Waals surface area contributed by atoms with E-state index in [1.807, 2.05) is 0 Å². The van der Waals surface area contributed by atoms with Gasteiger partial charge in [0.2, 0.25) is 0 Å². The molecule has 0 bridgehead atoms. The number of aromatic hydroxyl groups is 1. The third-order valence-corrected chi connectivity index (χ3v) is 3.76. The Labute approximate surface area is 121 Å². The largest absolute Gasteiger partial charge is 0.508 e. The van der Waals surface area contributed by atoms with Gasteiger partial charge in [0.25, 0.3) is 0 Å². The summed E-state index contributed by atoms with van der Waals surface area (Å²) in [5.74, 6) is 0.780. The van der Waals surface area contributed by atoms with E-state index >= 15 is 0 Å². The van der Waals surface area contributed by atoms with Crippen molar-refractivity contribution >= 4 is 22.9 Å². The van der Waals surface area contributed by atoms with Crippen molar-refractivity contribution in [3.05, 3.63) is 28.2 Å². The van der Waals surface area contributed by atoms with Crippen LogP contribution in [0.2, 0.25) is 5.02 Å². The number of nitrogens with one attached hydrogen (secondary N) is 1. The number of rotatable bonds is 5. The first-order chi connectivity index (χ1) is 9.06. The van der Waals surface area contributed by atoms with Crippen LogP contribution in [0.15, 0.2) is 18.2 Å². The third kappa shape index (κ3) is 3.89. The van der Waals surface area contributed by atoms with Crippen molar-refractivity contribution in [2.45, 2.75) is 20.4 Å². The Morgan fingerprint density at radius 1 is 1.37 bits per heavy atom. The molecule has 1 aromatic carbocycles. The summed E-state index contributed by atoms with van der Waals surface area (Å²) in [4.78, 5) is 0. The number of benzene rings is 1. The maximum absolute atomic E-state index is 9.49. The Hall–Kier alpha value is -1.17.